The van der Waals surface area contributed by atoms with Crippen LogP contribution in [0, 0.1) is 5.82 Å². The van der Waals surface area contributed by atoms with Crippen LogP contribution in [0.2, 0.25) is 0 Å². The van der Waals surface area contributed by atoms with Crippen molar-refractivity contribution in [1.29, 1.82) is 0 Å². The van der Waals surface area contributed by atoms with Crippen LogP contribution in [0.15, 0.2) is 66.0 Å². The van der Waals surface area contributed by atoms with Gasteiger partial charge < -0.3 is 29.6 Å². The zero-order valence-electron chi connectivity index (χ0n) is 20.2. The van der Waals surface area contributed by atoms with E-state index in [1.54, 1.807) is 24.5 Å². The highest BCUT2D eigenvalue weighted by molar-refractivity contribution is 6.26. The van der Waals surface area contributed by atoms with Crippen LogP contribution in [-0.4, -0.2) is 77.7 Å². The number of nitrogens with one attached hydrogen (secondary N) is 2. The largest absolute Gasteiger partial charge is 0.483 e. The maximum atomic E-state index is 13.3. The molecule has 2 aromatic heterocycles. The van der Waals surface area contributed by atoms with Gasteiger partial charge in [0.15, 0.2) is 11.3 Å². The van der Waals surface area contributed by atoms with E-state index in [2.05, 4.69) is 20.2 Å². The molecule has 0 saturated carbocycles. The molecule has 0 aliphatic carbocycles. The van der Waals surface area contributed by atoms with Crippen molar-refractivity contribution in [2.75, 3.05) is 44.8 Å². The molecule has 0 radical (unpaired) electrons. The number of nitrogens with zero attached hydrogens (tertiary/aromatic N) is 2. The fourth-order valence-corrected chi connectivity index (χ4v) is 3.87. The first-order valence-electron chi connectivity index (χ1n) is 11.7. The van der Waals surface area contributed by atoms with Gasteiger partial charge in [0.1, 0.15) is 18.1 Å². The molecule has 1 fully saturated rings. The van der Waals surface area contributed by atoms with Gasteiger partial charge >= 0.3 is 5.97 Å². The Bertz CT molecular complexity index is 1360. The summed E-state index contributed by atoms with van der Waals surface area (Å²) in [6.07, 6.45) is 4.90. The number of carbonyl (C=O) groups excluding carboxylic acids is 2. The van der Waals surface area contributed by atoms with Crippen LogP contribution in [0.25, 0.3) is 17.1 Å². The van der Waals surface area contributed by atoms with Crippen LogP contribution in [0.5, 0.6) is 0 Å². The second-order valence-electron chi connectivity index (χ2n) is 8.11. The summed E-state index contributed by atoms with van der Waals surface area (Å²) in [6, 6.07) is 9.11. The highest BCUT2D eigenvalue weighted by atomic mass is 19.1. The predicted octanol–water partition coefficient (Wildman–Crippen LogP) is 2.54. The Morgan fingerprint density at radius 2 is 1.97 bits per heavy atom. The Balaban J connectivity index is 0.00000107. The van der Waals surface area contributed by atoms with E-state index in [1.807, 2.05) is 6.07 Å². The van der Waals surface area contributed by atoms with Gasteiger partial charge in [-0.15, -0.1) is 0 Å². The zero-order valence-corrected chi connectivity index (χ0v) is 20.2. The second kappa shape index (κ2) is 12.6. The molecule has 0 atom stereocenters. The van der Waals surface area contributed by atoms with Gasteiger partial charge in [-0.2, -0.15) is 0 Å². The van der Waals surface area contributed by atoms with E-state index in [9.17, 15) is 14.0 Å². The summed E-state index contributed by atoms with van der Waals surface area (Å²) < 4.78 is 29.9. The fourth-order valence-electron chi connectivity index (χ4n) is 3.87. The molecule has 3 aromatic rings. The highest BCUT2D eigenvalue weighted by Crippen LogP contribution is 2.30. The molecule has 11 nitrogen and oxygen atoms in total. The van der Waals surface area contributed by atoms with E-state index in [-0.39, 0.29) is 30.3 Å². The number of pyridine rings is 1. The molecular formula is C26H25FN4O7. The van der Waals surface area contributed by atoms with Gasteiger partial charge in [0.2, 0.25) is 11.7 Å². The third-order valence-electron chi connectivity index (χ3n) is 5.71. The summed E-state index contributed by atoms with van der Waals surface area (Å²) in [7, 11) is 0. The van der Waals surface area contributed by atoms with Crippen molar-refractivity contribution >= 4 is 41.0 Å². The van der Waals surface area contributed by atoms with Gasteiger partial charge in [-0.1, -0.05) is 0 Å². The molecule has 2 aliphatic heterocycles. The molecule has 1 saturated heterocycles. The summed E-state index contributed by atoms with van der Waals surface area (Å²) >= 11 is 0. The molecule has 0 amide bonds. The average molecular weight is 525 g/mol. The van der Waals surface area contributed by atoms with Gasteiger partial charge in [-0.3, -0.25) is 14.5 Å². The van der Waals surface area contributed by atoms with Crippen LogP contribution in [-0.2, 0) is 28.6 Å². The van der Waals surface area contributed by atoms with Gasteiger partial charge in [0.05, 0.1) is 13.2 Å². The van der Waals surface area contributed by atoms with Crippen molar-refractivity contribution in [3.63, 3.8) is 0 Å². The number of aromatic amines is 1. The number of carbonyl (C=O) groups is 3. The Morgan fingerprint density at radius 1 is 1.24 bits per heavy atom. The molecule has 38 heavy (non-hydrogen) atoms. The lowest BCUT2D eigenvalue weighted by Gasteiger charge is -2.26. The maximum absolute atomic E-state index is 13.3. The highest BCUT2D eigenvalue weighted by Gasteiger charge is 2.37. The zero-order chi connectivity index (χ0) is 26.9. The summed E-state index contributed by atoms with van der Waals surface area (Å²) in [5, 5.41) is 10.6. The van der Waals surface area contributed by atoms with Gasteiger partial charge in [0.25, 0.3) is 6.47 Å². The van der Waals surface area contributed by atoms with Crippen molar-refractivity contribution in [1.82, 2.24) is 14.9 Å². The Morgan fingerprint density at radius 3 is 2.71 bits per heavy atom. The molecular weight excluding hydrogens is 499 g/mol. The average Bonchev–Trinajstić information content (AvgIpc) is 3.47. The van der Waals surface area contributed by atoms with Gasteiger partial charge in [-0.25, -0.2) is 14.2 Å². The van der Waals surface area contributed by atoms with Crippen LogP contribution in [0.1, 0.15) is 5.56 Å². The minimum atomic E-state index is -0.795. The number of esters is 1. The Kier molecular flexibility index (Phi) is 8.80. The molecule has 12 heteroatoms. The number of ether oxygens (including phenoxy) is 3. The summed E-state index contributed by atoms with van der Waals surface area (Å²) in [5.41, 5.74) is 1.54. The normalized spacial score (nSPS) is 16.7. The molecule has 0 bridgehead atoms. The van der Waals surface area contributed by atoms with Crippen LogP contribution in [0.4, 0.5) is 10.1 Å². The standard InChI is InChI=1S/C25H23FN4O5.CH2O2/c26-17-3-5-18(6-4-17)29-24-21(25(32)34-13-10-30-8-11-33-12-9-30)22(31)20(35-24)14-16-15-28-23-19(16)2-1-7-27-23;2-1-3/h1-7,14-15,29H,8-13H2,(H,27,28);1H,(H,2,3). The minimum absolute atomic E-state index is 0.0421. The third-order valence-corrected chi connectivity index (χ3v) is 5.71. The lowest BCUT2D eigenvalue weighted by molar-refractivity contribution is -0.140. The van der Waals surface area contributed by atoms with Gasteiger partial charge in [-0.05, 0) is 42.5 Å². The lowest BCUT2D eigenvalue weighted by Crippen LogP contribution is -2.38. The number of hydrogen-bond donors (Lipinski definition) is 3. The van der Waals surface area contributed by atoms with E-state index in [1.165, 1.54) is 24.3 Å². The van der Waals surface area contributed by atoms with E-state index >= 15 is 0 Å². The summed E-state index contributed by atoms with van der Waals surface area (Å²) in [4.78, 5) is 43.9. The van der Waals surface area contributed by atoms with Crippen molar-refractivity contribution < 1.29 is 38.1 Å². The molecule has 1 aromatic carbocycles. The Hall–Kier alpha value is -4.55. The molecule has 4 heterocycles. The third kappa shape index (κ3) is 6.41. The quantitative estimate of drug-likeness (QED) is 0.183. The molecule has 0 spiro atoms. The minimum Gasteiger partial charge on any atom is -0.483 e. The number of ketones is 1. The van der Waals surface area contributed by atoms with Crippen LogP contribution < -0.4 is 5.32 Å². The van der Waals surface area contributed by atoms with Gasteiger partial charge in [0, 0.05) is 48.7 Å². The number of halogens is 1. The molecule has 5 rings (SSSR count). The fraction of sp³-hybridized carbons (Fsp3) is 0.231. The number of allylic oxidation sites excluding steroid dienone is 1. The second-order valence-corrected chi connectivity index (χ2v) is 8.11. The number of carboxylic acid groups (broad SMARTS) is 1. The number of benzene rings is 1. The van der Waals surface area contributed by atoms with Crippen molar-refractivity contribution in [2.45, 2.75) is 0 Å². The summed E-state index contributed by atoms with van der Waals surface area (Å²) in [6.45, 7) is 3.18. The Labute approximate surface area is 216 Å². The number of anilines is 1. The van der Waals surface area contributed by atoms with E-state index in [0.717, 1.165) is 18.5 Å². The molecule has 0 unspecified atom stereocenters. The first kappa shape index (κ1) is 26.5. The number of morpholine rings is 1. The SMILES string of the molecule is O=C(OCCN1CCOCC1)C1=C(Nc2ccc(F)cc2)OC(=Cc2c[nH]c3ncccc23)C1=O.O=CO. The molecule has 198 valence electrons. The van der Waals surface area contributed by atoms with Crippen molar-refractivity contribution in [3.8, 4) is 0 Å². The number of aromatic nitrogens is 2. The number of Topliss-reactive ketones (excluding diaryl/α,β-unsaturated/α-hetero) is 1. The number of H-pyrrole nitrogens is 1. The smallest absolute Gasteiger partial charge is 0.347 e. The predicted molar refractivity (Wildman–Crippen MR) is 134 cm³/mol. The van der Waals surface area contributed by atoms with Crippen LogP contribution >= 0.6 is 0 Å². The number of fused-ring (bicyclic) bond motifs is 1. The maximum Gasteiger partial charge on any atom is 0.347 e. The van der Waals surface area contributed by atoms with Crippen molar-refractivity contribution in [3.05, 3.63) is 77.4 Å². The lowest BCUT2D eigenvalue weighted by atomic mass is 10.1. The monoisotopic (exact) mass is 524 g/mol. The first-order chi connectivity index (χ1) is 18.5. The number of hydrogen-bond acceptors (Lipinski definition) is 9. The molecule has 3 N–H and O–H groups in total. The number of rotatable bonds is 7. The van der Waals surface area contributed by atoms with Crippen molar-refractivity contribution in [2.24, 2.45) is 0 Å². The van der Waals surface area contributed by atoms with Crippen LogP contribution in [0.3, 0.4) is 0 Å². The topological polar surface area (TPSA) is 143 Å². The van der Waals surface area contributed by atoms with E-state index in [0.29, 0.717) is 36.7 Å². The van der Waals surface area contributed by atoms with E-state index < -0.39 is 17.6 Å². The molecule has 2 aliphatic rings. The van der Waals surface area contributed by atoms with E-state index in [4.69, 9.17) is 24.1 Å². The summed E-state index contributed by atoms with van der Waals surface area (Å²) in [5.74, 6) is -1.92. The first-order valence-corrected chi connectivity index (χ1v) is 11.7.